The van der Waals surface area contributed by atoms with Crippen LogP contribution in [0.15, 0.2) is 6.20 Å². The number of amides is 2. The molecule has 7 heteroatoms. The number of rotatable bonds is 2. The molecular formula is C21H29N5O2. The van der Waals surface area contributed by atoms with Crippen LogP contribution in [0.2, 0.25) is 0 Å². The summed E-state index contributed by atoms with van der Waals surface area (Å²) in [5.74, 6) is 3.28. The molecule has 4 aliphatic carbocycles. The van der Waals surface area contributed by atoms with Gasteiger partial charge >= 0.3 is 6.03 Å². The minimum atomic E-state index is 0.0608. The molecular weight excluding hydrogens is 354 g/mol. The Kier molecular flexibility index (Phi) is 3.83. The van der Waals surface area contributed by atoms with E-state index in [9.17, 15) is 4.79 Å². The van der Waals surface area contributed by atoms with E-state index in [4.69, 9.17) is 9.72 Å². The van der Waals surface area contributed by atoms with E-state index in [-0.39, 0.29) is 11.6 Å². The summed E-state index contributed by atoms with van der Waals surface area (Å²) in [4.78, 5) is 26.5. The second kappa shape index (κ2) is 6.31. The molecule has 1 aromatic heterocycles. The zero-order valence-electron chi connectivity index (χ0n) is 16.4. The monoisotopic (exact) mass is 383 g/mol. The first-order chi connectivity index (χ1) is 13.7. The molecule has 7 rings (SSSR count). The average Bonchev–Trinajstić information content (AvgIpc) is 3.11. The maximum absolute atomic E-state index is 13.1. The van der Waals surface area contributed by atoms with Crippen LogP contribution in [0.1, 0.15) is 49.8 Å². The quantitative estimate of drug-likeness (QED) is 0.849. The van der Waals surface area contributed by atoms with Gasteiger partial charge in [0.1, 0.15) is 0 Å². The standard InChI is InChI=1S/C21H29N5O2/c27-20(24-21-8-14-5-15(9-21)7-16(6-14)10-21)26-12-17-11-22-19(23-18(17)13-26)25-1-3-28-4-2-25/h11,14-16H,1-10,12-13H2,(H,24,27). The first-order valence-corrected chi connectivity index (χ1v) is 10.9. The van der Waals surface area contributed by atoms with E-state index >= 15 is 0 Å². The SMILES string of the molecule is O=C(NC12CC3CC(CC(C3)C1)C2)N1Cc2cnc(N3CCOCC3)nc2C1. The van der Waals surface area contributed by atoms with Crippen LogP contribution in [0.5, 0.6) is 0 Å². The lowest BCUT2D eigenvalue weighted by Gasteiger charge is -2.57. The number of aromatic nitrogens is 2. The van der Waals surface area contributed by atoms with Crippen LogP contribution in [0.4, 0.5) is 10.7 Å². The maximum atomic E-state index is 13.1. The number of hydrogen-bond acceptors (Lipinski definition) is 5. The maximum Gasteiger partial charge on any atom is 0.318 e. The Balaban J connectivity index is 1.14. The lowest BCUT2D eigenvalue weighted by molar-refractivity contribution is -0.0157. The third kappa shape index (κ3) is 2.86. The van der Waals surface area contributed by atoms with Crippen molar-refractivity contribution in [2.75, 3.05) is 31.2 Å². The predicted molar refractivity (Wildman–Crippen MR) is 104 cm³/mol. The van der Waals surface area contributed by atoms with Gasteiger partial charge in [-0.05, 0) is 56.3 Å². The summed E-state index contributed by atoms with van der Waals surface area (Å²) in [6.07, 6.45) is 9.65. The number of nitrogens with one attached hydrogen (secondary N) is 1. The summed E-state index contributed by atoms with van der Waals surface area (Å²) >= 11 is 0. The minimum absolute atomic E-state index is 0.0608. The van der Waals surface area contributed by atoms with Crippen LogP contribution in [-0.2, 0) is 17.8 Å². The van der Waals surface area contributed by atoms with E-state index in [1.54, 1.807) is 0 Å². The summed E-state index contributed by atoms with van der Waals surface area (Å²) < 4.78 is 5.42. The Morgan fingerprint density at radius 1 is 1.07 bits per heavy atom. The third-order valence-electron chi connectivity index (χ3n) is 7.63. The number of ether oxygens (including phenoxy) is 1. The topological polar surface area (TPSA) is 70.6 Å². The number of hydrogen-bond donors (Lipinski definition) is 1. The molecule has 0 atom stereocenters. The number of fused-ring (bicyclic) bond motifs is 1. The molecule has 1 N–H and O–H groups in total. The molecule has 0 aromatic carbocycles. The van der Waals surface area contributed by atoms with Crippen molar-refractivity contribution < 1.29 is 9.53 Å². The fourth-order valence-electron chi connectivity index (χ4n) is 6.77. The molecule has 0 spiro atoms. The lowest BCUT2D eigenvalue weighted by atomic mass is 9.53. The van der Waals surface area contributed by atoms with Crippen LogP contribution in [0, 0.1) is 17.8 Å². The molecule has 28 heavy (non-hydrogen) atoms. The summed E-state index contributed by atoms with van der Waals surface area (Å²) in [5.41, 5.74) is 2.14. The fourth-order valence-corrected chi connectivity index (χ4v) is 6.77. The molecule has 1 aromatic rings. The Bertz CT molecular complexity index is 756. The lowest BCUT2D eigenvalue weighted by Crippen LogP contribution is -2.61. The Morgan fingerprint density at radius 3 is 2.43 bits per heavy atom. The van der Waals surface area contributed by atoms with Crippen molar-refractivity contribution in [3.63, 3.8) is 0 Å². The van der Waals surface area contributed by atoms with Crippen molar-refractivity contribution in [2.45, 2.75) is 57.2 Å². The molecule has 4 saturated carbocycles. The number of carbonyl (C=O) groups is 1. The molecule has 0 radical (unpaired) electrons. The zero-order chi connectivity index (χ0) is 18.7. The Morgan fingerprint density at radius 2 is 1.75 bits per heavy atom. The number of morpholine rings is 1. The summed E-state index contributed by atoms with van der Waals surface area (Å²) in [7, 11) is 0. The molecule has 7 nitrogen and oxygen atoms in total. The highest BCUT2D eigenvalue weighted by molar-refractivity contribution is 5.76. The van der Waals surface area contributed by atoms with E-state index in [2.05, 4.69) is 15.2 Å². The first kappa shape index (κ1) is 17.0. The van der Waals surface area contributed by atoms with Gasteiger partial charge in [-0.2, -0.15) is 0 Å². The van der Waals surface area contributed by atoms with Gasteiger partial charge < -0.3 is 19.9 Å². The van der Waals surface area contributed by atoms with Gasteiger partial charge in [0.25, 0.3) is 0 Å². The third-order valence-corrected chi connectivity index (χ3v) is 7.63. The number of carbonyl (C=O) groups excluding carboxylic acids is 1. The van der Waals surface area contributed by atoms with Gasteiger partial charge in [-0.3, -0.25) is 0 Å². The van der Waals surface area contributed by atoms with Gasteiger partial charge in [-0.25, -0.2) is 14.8 Å². The molecule has 1 saturated heterocycles. The van der Waals surface area contributed by atoms with E-state index in [1.807, 2.05) is 11.1 Å². The largest absolute Gasteiger partial charge is 0.378 e. The zero-order valence-corrected chi connectivity index (χ0v) is 16.4. The summed E-state index contributed by atoms with van der Waals surface area (Å²) in [6.45, 7) is 4.31. The number of nitrogens with zero attached hydrogens (tertiary/aromatic N) is 4. The molecule has 2 aliphatic heterocycles. The van der Waals surface area contributed by atoms with E-state index in [1.165, 1.54) is 38.5 Å². The highest BCUT2D eigenvalue weighted by Gasteiger charge is 2.52. The van der Waals surface area contributed by atoms with Crippen LogP contribution in [-0.4, -0.2) is 52.7 Å². The minimum Gasteiger partial charge on any atom is -0.378 e. The molecule has 5 fully saturated rings. The van der Waals surface area contributed by atoms with E-state index < -0.39 is 0 Å². The highest BCUT2D eigenvalue weighted by atomic mass is 16.5. The Labute approximate surface area is 165 Å². The normalized spacial score (nSPS) is 35.9. The predicted octanol–water partition coefficient (Wildman–Crippen LogP) is 2.31. The summed E-state index contributed by atoms with van der Waals surface area (Å²) in [6, 6.07) is 0.0906. The van der Waals surface area contributed by atoms with E-state index in [0.29, 0.717) is 13.1 Å². The van der Waals surface area contributed by atoms with Gasteiger partial charge in [-0.1, -0.05) is 0 Å². The van der Waals surface area contributed by atoms with Crippen LogP contribution < -0.4 is 10.2 Å². The number of anilines is 1. The molecule has 4 bridgehead atoms. The van der Waals surface area contributed by atoms with Crippen molar-refractivity contribution in [3.05, 3.63) is 17.5 Å². The molecule has 150 valence electrons. The van der Waals surface area contributed by atoms with Gasteiger partial charge in [-0.15, -0.1) is 0 Å². The van der Waals surface area contributed by atoms with Crippen molar-refractivity contribution in [1.82, 2.24) is 20.2 Å². The fraction of sp³-hybridized carbons (Fsp3) is 0.762. The highest BCUT2D eigenvalue weighted by Crippen LogP contribution is 2.55. The van der Waals surface area contributed by atoms with Crippen molar-refractivity contribution in [2.24, 2.45) is 17.8 Å². The smallest absolute Gasteiger partial charge is 0.318 e. The average molecular weight is 383 g/mol. The van der Waals surface area contributed by atoms with Gasteiger partial charge in [0.2, 0.25) is 5.95 Å². The second-order valence-electron chi connectivity index (χ2n) is 9.73. The molecule has 2 amide bonds. The first-order valence-electron chi connectivity index (χ1n) is 10.9. The van der Waals surface area contributed by atoms with Crippen LogP contribution >= 0.6 is 0 Å². The molecule has 0 unspecified atom stereocenters. The van der Waals surface area contributed by atoms with Crippen molar-refractivity contribution >= 4 is 12.0 Å². The van der Waals surface area contributed by atoms with Crippen LogP contribution in [0.25, 0.3) is 0 Å². The second-order valence-corrected chi connectivity index (χ2v) is 9.73. The van der Waals surface area contributed by atoms with Gasteiger partial charge in [0, 0.05) is 30.4 Å². The van der Waals surface area contributed by atoms with Gasteiger partial charge in [0.05, 0.1) is 32.0 Å². The Hall–Kier alpha value is -1.89. The van der Waals surface area contributed by atoms with Crippen molar-refractivity contribution in [1.29, 1.82) is 0 Å². The van der Waals surface area contributed by atoms with E-state index in [0.717, 1.165) is 61.3 Å². The van der Waals surface area contributed by atoms with Gasteiger partial charge in [0.15, 0.2) is 0 Å². The summed E-state index contributed by atoms with van der Waals surface area (Å²) in [5, 5.41) is 3.49. The van der Waals surface area contributed by atoms with Crippen LogP contribution in [0.3, 0.4) is 0 Å². The number of urea groups is 1. The molecule has 6 aliphatic rings. The van der Waals surface area contributed by atoms with Crippen molar-refractivity contribution in [3.8, 4) is 0 Å². The molecule has 3 heterocycles.